The Kier molecular flexibility index (Phi) is 6.60. The fourth-order valence-corrected chi connectivity index (χ4v) is 3.55. The van der Waals surface area contributed by atoms with Gasteiger partial charge in [0.15, 0.2) is 0 Å². The summed E-state index contributed by atoms with van der Waals surface area (Å²) in [4.78, 5) is 17.1. The smallest absolute Gasteiger partial charge is 0.221 e. The van der Waals surface area contributed by atoms with Crippen molar-refractivity contribution >= 4 is 29.1 Å². The van der Waals surface area contributed by atoms with E-state index in [1.807, 2.05) is 48.1 Å². The molecule has 1 heterocycles. The van der Waals surface area contributed by atoms with Crippen molar-refractivity contribution in [3.63, 3.8) is 0 Å². The van der Waals surface area contributed by atoms with Crippen LogP contribution in [-0.2, 0) is 18.3 Å². The number of rotatable bonds is 7. The summed E-state index contributed by atoms with van der Waals surface area (Å²) in [7, 11) is 3.50. The lowest BCUT2D eigenvalue weighted by Crippen LogP contribution is -2.31. The number of halogens is 2. The Hall–Kier alpha value is -2.50. The third-order valence-electron chi connectivity index (χ3n) is 4.51. The molecule has 0 spiro atoms. The van der Waals surface area contributed by atoms with Gasteiger partial charge in [-0.3, -0.25) is 4.79 Å². The number of hydrogen-bond donors (Lipinski definition) is 1. The van der Waals surface area contributed by atoms with Gasteiger partial charge in [-0.1, -0.05) is 47.5 Å². The Bertz CT molecular complexity index is 972. The summed E-state index contributed by atoms with van der Waals surface area (Å²) in [5.74, 6) is 1.31. The second-order valence-corrected chi connectivity index (χ2v) is 7.22. The minimum atomic E-state index is -0.427. The largest absolute Gasteiger partial charge is 0.496 e. The predicted molar refractivity (Wildman–Crippen MR) is 111 cm³/mol. The molecule has 28 heavy (non-hydrogen) atoms. The molecule has 0 bridgehead atoms. The molecule has 146 valence electrons. The van der Waals surface area contributed by atoms with Crippen molar-refractivity contribution < 1.29 is 9.53 Å². The van der Waals surface area contributed by atoms with E-state index in [1.165, 1.54) is 0 Å². The number of aryl methyl sites for hydroxylation is 2. The molecule has 1 N–H and O–H groups in total. The number of carbonyl (C=O) groups is 1. The topological polar surface area (TPSA) is 56.1 Å². The van der Waals surface area contributed by atoms with E-state index in [-0.39, 0.29) is 12.3 Å². The molecule has 0 aliphatic rings. The van der Waals surface area contributed by atoms with Crippen LogP contribution in [0.3, 0.4) is 0 Å². The first-order valence-electron chi connectivity index (χ1n) is 8.83. The van der Waals surface area contributed by atoms with Crippen molar-refractivity contribution in [2.45, 2.75) is 18.9 Å². The van der Waals surface area contributed by atoms with Gasteiger partial charge in [0.2, 0.25) is 5.91 Å². The highest BCUT2D eigenvalue weighted by Gasteiger charge is 2.23. The molecule has 7 heteroatoms. The Morgan fingerprint density at radius 2 is 2.04 bits per heavy atom. The number of hydrogen-bond acceptors (Lipinski definition) is 3. The Labute approximate surface area is 174 Å². The van der Waals surface area contributed by atoms with Crippen LogP contribution in [0.15, 0.2) is 54.9 Å². The molecule has 2 aromatic carbocycles. The molecule has 0 radical (unpaired) electrons. The van der Waals surface area contributed by atoms with Gasteiger partial charge < -0.3 is 14.6 Å². The van der Waals surface area contributed by atoms with E-state index in [0.717, 1.165) is 17.0 Å². The average molecular weight is 418 g/mol. The van der Waals surface area contributed by atoms with Crippen molar-refractivity contribution in [1.29, 1.82) is 0 Å². The van der Waals surface area contributed by atoms with Crippen LogP contribution in [0.5, 0.6) is 5.75 Å². The molecule has 3 rings (SSSR count). The monoisotopic (exact) mass is 417 g/mol. The first kappa shape index (κ1) is 20.2. The number of nitrogens with one attached hydrogen (secondary N) is 1. The third kappa shape index (κ3) is 4.66. The Morgan fingerprint density at radius 3 is 2.71 bits per heavy atom. The summed E-state index contributed by atoms with van der Waals surface area (Å²) in [6.45, 7) is 0. The van der Waals surface area contributed by atoms with E-state index >= 15 is 0 Å². The van der Waals surface area contributed by atoms with Crippen LogP contribution in [0.2, 0.25) is 10.0 Å². The minimum absolute atomic E-state index is 0.107. The third-order valence-corrected chi connectivity index (χ3v) is 5.10. The van der Waals surface area contributed by atoms with Crippen molar-refractivity contribution in [3.05, 3.63) is 81.9 Å². The normalized spacial score (nSPS) is 11.9. The van der Waals surface area contributed by atoms with Crippen molar-refractivity contribution in [2.24, 2.45) is 7.05 Å². The number of ether oxygens (including phenoxy) is 1. The molecule has 0 fully saturated rings. The van der Waals surface area contributed by atoms with E-state index in [9.17, 15) is 4.79 Å². The van der Waals surface area contributed by atoms with Gasteiger partial charge in [0, 0.05) is 41.5 Å². The van der Waals surface area contributed by atoms with Gasteiger partial charge in [0.25, 0.3) is 0 Å². The number of carbonyl (C=O) groups excluding carboxylic acids is 1. The Morgan fingerprint density at radius 1 is 1.25 bits per heavy atom. The van der Waals surface area contributed by atoms with E-state index in [4.69, 9.17) is 27.9 Å². The molecule has 1 atom stereocenters. The van der Waals surface area contributed by atoms with Gasteiger partial charge in [0.05, 0.1) is 7.11 Å². The summed E-state index contributed by atoms with van der Waals surface area (Å²) in [5, 5.41) is 4.22. The van der Waals surface area contributed by atoms with Crippen LogP contribution in [-0.4, -0.2) is 22.6 Å². The SMILES string of the molecule is COc1ccccc1[C@H](NC(=O)CCc1ccc(Cl)cc1Cl)c1nccn1C. The van der Waals surface area contributed by atoms with Gasteiger partial charge in [0.1, 0.15) is 17.6 Å². The van der Waals surface area contributed by atoms with Crippen LogP contribution >= 0.6 is 23.2 Å². The maximum Gasteiger partial charge on any atom is 0.221 e. The highest BCUT2D eigenvalue weighted by molar-refractivity contribution is 6.35. The van der Waals surface area contributed by atoms with Gasteiger partial charge in [-0.05, 0) is 30.2 Å². The number of benzene rings is 2. The zero-order valence-corrected chi connectivity index (χ0v) is 17.2. The standard InChI is InChI=1S/C21H21Cl2N3O2/c1-26-12-11-24-21(26)20(16-5-3-4-6-18(16)28-2)25-19(27)10-8-14-7-9-15(22)13-17(14)23/h3-7,9,11-13,20H,8,10H2,1-2H3,(H,25,27)/t20-/m0/s1. The summed E-state index contributed by atoms with van der Waals surface area (Å²) in [6, 6.07) is 12.5. The van der Waals surface area contributed by atoms with Crippen molar-refractivity contribution in [3.8, 4) is 5.75 Å². The summed E-state index contributed by atoms with van der Waals surface area (Å²) < 4.78 is 7.37. The van der Waals surface area contributed by atoms with Crippen LogP contribution < -0.4 is 10.1 Å². The molecule has 1 aromatic heterocycles. The van der Waals surface area contributed by atoms with E-state index < -0.39 is 6.04 Å². The van der Waals surface area contributed by atoms with Crippen LogP contribution in [0.4, 0.5) is 0 Å². The lowest BCUT2D eigenvalue weighted by atomic mass is 10.0. The quantitative estimate of drug-likeness (QED) is 0.612. The Balaban J connectivity index is 1.80. The van der Waals surface area contributed by atoms with Crippen LogP contribution in [0.25, 0.3) is 0 Å². The molecular formula is C21H21Cl2N3O2. The first-order chi connectivity index (χ1) is 13.5. The molecule has 0 aliphatic carbocycles. The molecule has 1 amide bonds. The average Bonchev–Trinajstić information content (AvgIpc) is 3.11. The van der Waals surface area contributed by atoms with E-state index in [1.54, 1.807) is 25.4 Å². The van der Waals surface area contributed by atoms with Gasteiger partial charge >= 0.3 is 0 Å². The summed E-state index contributed by atoms with van der Waals surface area (Å²) >= 11 is 12.1. The summed E-state index contributed by atoms with van der Waals surface area (Å²) in [5.41, 5.74) is 1.73. The summed E-state index contributed by atoms with van der Waals surface area (Å²) in [6.07, 6.45) is 4.35. The lowest BCUT2D eigenvalue weighted by Gasteiger charge is -2.21. The molecule has 0 aliphatic heterocycles. The molecule has 5 nitrogen and oxygen atoms in total. The number of amides is 1. The van der Waals surface area contributed by atoms with Gasteiger partial charge in [-0.2, -0.15) is 0 Å². The minimum Gasteiger partial charge on any atom is -0.496 e. The molecular weight excluding hydrogens is 397 g/mol. The van der Waals surface area contributed by atoms with Gasteiger partial charge in [-0.25, -0.2) is 4.98 Å². The maximum absolute atomic E-state index is 12.7. The molecule has 0 saturated heterocycles. The fourth-order valence-electron chi connectivity index (χ4n) is 3.05. The van der Waals surface area contributed by atoms with E-state index in [0.29, 0.717) is 22.2 Å². The van der Waals surface area contributed by atoms with E-state index in [2.05, 4.69) is 10.3 Å². The second kappa shape index (κ2) is 9.13. The van der Waals surface area contributed by atoms with Crippen LogP contribution in [0.1, 0.15) is 29.4 Å². The highest BCUT2D eigenvalue weighted by Crippen LogP contribution is 2.29. The zero-order valence-electron chi connectivity index (χ0n) is 15.7. The predicted octanol–water partition coefficient (Wildman–Crippen LogP) is 4.57. The number of nitrogens with zero attached hydrogens (tertiary/aromatic N) is 2. The second-order valence-electron chi connectivity index (χ2n) is 6.37. The van der Waals surface area contributed by atoms with Crippen LogP contribution in [0, 0.1) is 0 Å². The number of para-hydroxylation sites is 1. The molecule has 3 aromatic rings. The first-order valence-corrected chi connectivity index (χ1v) is 9.58. The number of methoxy groups -OCH3 is 1. The molecule has 0 unspecified atom stereocenters. The number of aromatic nitrogens is 2. The number of imidazole rings is 1. The zero-order chi connectivity index (χ0) is 20.1. The van der Waals surface area contributed by atoms with Crippen molar-refractivity contribution in [1.82, 2.24) is 14.9 Å². The highest BCUT2D eigenvalue weighted by atomic mass is 35.5. The lowest BCUT2D eigenvalue weighted by molar-refractivity contribution is -0.121. The van der Waals surface area contributed by atoms with Gasteiger partial charge in [-0.15, -0.1) is 0 Å². The maximum atomic E-state index is 12.7. The molecule has 0 saturated carbocycles. The fraction of sp³-hybridized carbons (Fsp3) is 0.238. The van der Waals surface area contributed by atoms with Crippen molar-refractivity contribution in [2.75, 3.05) is 7.11 Å².